The zero-order chi connectivity index (χ0) is 13.9. The summed E-state index contributed by atoms with van der Waals surface area (Å²) in [5, 5.41) is 0. The highest BCUT2D eigenvalue weighted by Crippen LogP contribution is 2.15. The molecule has 1 atom stereocenters. The predicted octanol–water partition coefficient (Wildman–Crippen LogP) is 4.72. The van der Waals surface area contributed by atoms with Crippen LogP contribution in [0.25, 0.3) is 0 Å². The molecule has 106 valence electrons. The maximum atomic E-state index is 11.3. The molecule has 1 aliphatic heterocycles. The van der Waals surface area contributed by atoms with Crippen LogP contribution >= 0.6 is 0 Å². The Morgan fingerprint density at radius 3 is 2.37 bits per heavy atom. The van der Waals surface area contributed by atoms with Crippen molar-refractivity contribution in [1.82, 2.24) is 0 Å². The summed E-state index contributed by atoms with van der Waals surface area (Å²) >= 11 is 0. The molecule has 0 aromatic heterocycles. The lowest BCUT2D eigenvalue weighted by Crippen LogP contribution is -2.02. The van der Waals surface area contributed by atoms with Crippen molar-refractivity contribution in [2.75, 3.05) is 0 Å². The average molecular weight is 262 g/mol. The van der Waals surface area contributed by atoms with Crippen LogP contribution in [0.4, 0.5) is 0 Å². The Bertz CT molecular complexity index is 339. The van der Waals surface area contributed by atoms with E-state index in [0.29, 0.717) is 5.57 Å². The Morgan fingerprint density at radius 2 is 1.79 bits per heavy atom. The zero-order valence-electron chi connectivity index (χ0n) is 12.1. The second-order valence-corrected chi connectivity index (χ2v) is 5.12. The number of hydrogen-bond donors (Lipinski definition) is 0. The summed E-state index contributed by atoms with van der Waals surface area (Å²) in [6.07, 6.45) is 17.7. The third-order valence-electron chi connectivity index (χ3n) is 3.27. The molecular weight excluding hydrogens is 236 g/mol. The molecular formula is C17H26O2. The van der Waals surface area contributed by atoms with Gasteiger partial charge >= 0.3 is 5.97 Å². The number of hydrogen-bond acceptors (Lipinski definition) is 2. The fraction of sp³-hybridized carbons (Fsp3) is 0.588. The maximum absolute atomic E-state index is 11.3. The molecule has 0 unspecified atom stereocenters. The fourth-order valence-electron chi connectivity index (χ4n) is 2.18. The van der Waals surface area contributed by atoms with Gasteiger partial charge < -0.3 is 4.74 Å². The van der Waals surface area contributed by atoms with Crippen LogP contribution in [0, 0.1) is 0 Å². The molecule has 1 aliphatic rings. The number of cyclic esters (lactones) is 1. The largest absolute Gasteiger partial charge is 0.455 e. The summed E-state index contributed by atoms with van der Waals surface area (Å²) < 4.78 is 5.03. The first kappa shape index (κ1) is 15.7. The molecule has 0 fully saturated rings. The van der Waals surface area contributed by atoms with Gasteiger partial charge in [0.2, 0.25) is 0 Å². The molecule has 0 N–H and O–H groups in total. The van der Waals surface area contributed by atoms with E-state index in [4.69, 9.17) is 4.74 Å². The predicted molar refractivity (Wildman–Crippen MR) is 79.9 cm³/mol. The Kier molecular flexibility index (Phi) is 7.95. The molecule has 1 heterocycles. The summed E-state index contributed by atoms with van der Waals surface area (Å²) in [5.74, 6) is -0.189. The summed E-state index contributed by atoms with van der Waals surface area (Å²) in [7, 11) is 0. The molecule has 0 saturated heterocycles. The third-order valence-corrected chi connectivity index (χ3v) is 3.27. The minimum Gasteiger partial charge on any atom is -0.455 e. The van der Waals surface area contributed by atoms with Crippen molar-refractivity contribution in [3.8, 4) is 0 Å². The number of unbranched alkanes of at least 4 members (excludes halogenated alkanes) is 7. The van der Waals surface area contributed by atoms with Crippen molar-refractivity contribution in [3.63, 3.8) is 0 Å². The van der Waals surface area contributed by atoms with Crippen LogP contribution in [0.15, 0.2) is 36.5 Å². The van der Waals surface area contributed by atoms with Gasteiger partial charge in [0.05, 0.1) is 5.57 Å². The lowest BCUT2D eigenvalue weighted by Gasteiger charge is -1.99. The molecule has 2 heteroatoms. The highest BCUT2D eigenvalue weighted by atomic mass is 16.5. The molecule has 0 bridgehead atoms. The van der Waals surface area contributed by atoms with Crippen LogP contribution in [0.1, 0.15) is 58.3 Å². The van der Waals surface area contributed by atoms with E-state index in [0.717, 1.165) is 12.8 Å². The highest BCUT2D eigenvalue weighted by molar-refractivity contribution is 5.93. The zero-order valence-corrected chi connectivity index (χ0v) is 12.1. The first-order valence-electron chi connectivity index (χ1n) is 7.44. The fourth-order valence-corrected chi connectivity index (χ4v) is 2.18. The first-order valence-corrected chi connectivity index (χ1v) is 7.44. The van der Waals surface area contributed by atoms with Gasteiger partial charge in [-0.3, -0.25) is 0 Å². The van der Waals surface area contributed by atoms with Crippen molar-refractivity contribution >= 4 is 5.97 Å². The minimum absolute atomic E-state index is 0.0669. The number of esters is 1. The topological polar surface area (TPSA) is 26.3 Å². The van der Waals surface area contributed by atoms with Gasteiger partial charge in [0.25, 0.3) is 0 Å². The lowest BCUT2D eigenvalue weighted by atomic mass is 10.1. The molecule has 2 nitrogen and oxygen atoms in total. The molecule has 1 rings (SSSR count). The van der Waals surface area contributed by atoms with Gasteiger partial charge in [-0.2, -0.15) is 0 Å². The van der Waals surface area contributed by atoms with E-state index >= 15 is 0 Å². The molecule has 19 heavy (non-hydrogen) atoms. The normalized spacial score (nSPS) is 18.7. The SMILES string of the molecule is C=CCCCCCCCC/C=C/C1=C[C@@H](C)OC1=O. The summed E-state index contributed by atoms with van der Waals surface area (Å²) in [6.45, 7) is 5.61. The van der Waals surface area contributed by atoms with Crippen LogP contribution in [0.2, 0.25) is 0 Å². The lowest BCUT2D eigenvalue weighted by molar-refractivity contribution is -0.138. The van der Waals surface area contributed by atoms with Gasteiger partial charge in [-0.05, 0) is 38.7 Å². The van der Waals surface area contributed by atoms with E-state index in [1.807, 2.05) is 25.2 Å². The molecule has 0 aromatic rings. The Labute approximate surface area is 117 Å². The van der Waals surface area contributed by atoms with Crippen molar-refractivity contribution in [3.05, 3.63) is 36.5 Å². The number of allylic oxidation sites excluding steroid dienone is 2. The second kappa shape index (κ2) is 9.60. The van der Waals surface area contributed by atoms with Gasteiger partial charge in [-0.25, -0.2) is 4.79 Å². The van der Waals surface area contributed by atoms with Crippen molar-refractivity contribution in [2.45, 2.75) is 64.4 Å². The monoisotopic (exact) mass is 262 g/mol. The van der Waals surface area contributed by atoms with Gasteiger partial charge in [0, 0.05) is 0 Å². The van der Waals surface area contributed by atoms with E-state index < -0.39 is 0 Å². The summed E-state index contributed by atoms with van der Waals surface area (Å²) in [6, 6.07) is 0. The van der Waals surface area contributed by atoms with Gasteiger partial charge in [0.1, 0.15) is 6.10 Å². The summed E-state index contributed by atoms with van der Waals surface area (Å²) in [5.41, 5.74) is 0.705. The van der Waals surface area contributed by atoms with Crippen LogP contribution in [0.3, 0.4) is 0 Å². The van der Waals surface area contributed by atoms with Crippen LogP contribution < -0.4 is 0 Å². The van der Waals surface area contributed by atoms with Gasteiger partial charge in [0.15, 0.2) is 0 Å². The molecule has 0 saturated carbocycles. The molecule has 0 aromatic carbocycles. The minimum atomic E-state index is -0.189. The number of ether oxygens (including phenoxy) is 1. The number of rotatable bonds is 10. The van der Waals surface area contributed by atoms with E-state index in [1.165, 1.54) is 38.5 Å². The average Bonchev–Trinajstić information content (AvgIpc) is 2.70. The van der Waals surface area contributed by atoms with Gasteiger partial charge in [-0.15, -0.1) is 6.58 Å². The van der Waals surface area contributed by atoms with Crippen molar-refractivity contribution < 1.29 is 9.53 Å². The van der Waals surface area contributed by atoms with E-state index in [2.05, 4.69) is 12.7 Å². The summed E-state index contributed by atoms with van der Waals surface area (Å²) in [4.78, 5) is 11.3. The Balaban J connectivity index is 1.97. The third kappa shape index (κ3) is 7.00. The van der Waals surface area contributed by atoms with Crippen molar-refractivity contribution in [1.29, 1.82) is 0 Å². The molecule has 0 aliphatic carbocycles. The quantitative estimate of drug-likeness (QED) is 0.323. The van der Waals surface area contributed by atoms with E-state index in [-0.39, 0.29) is 12.1 Å². The molecule has 0 spiro atoms. The second-order valence-electron chi connectivity index (χ2n) is 5.12. The first-order chi connectivity index (χ1) is 9.24. The molecule has 0 amide bonds. The van der Waals surface area contributed by atoms with Crippen molar-refractivity contribution in [2.24, 2.45) is 0 Å². The van der Waals surface area contributed by atoms with Crippen LogP contribution in [0.5, 0.6) is 0 Å². The van der Waals surface area contributed by atoms with E-state index in [1.54, 1.807) is 0 Å². The Morgan fingerprint density at radius 1 is 1.16 bits per heavy atom. The van der Waals surface area contributed by atoms with Crippen LogP contribution in [-0.4, -0.2) is 12.1 Å². The van der Waals surface area contributed by atoms with Gasteiger partial charge in [-0.1, -0.05) is 43.9 Å². The highest BCUT2D eigenvalue weighted by Gasteiger charge is 2.19. The standard InChI is InChI=1S/C17H26O2/c1-3-4-5-6-7-8-9-10-11-12-13-16-14-15(2)19-17(16)18/h3,12-15H,1,4-11H2,2H3/b13-12+/t15-/m1/s1. The molecule has 0 radical (unpaired) electrons. The van der Waals surface area contributed by atoms with E-state index in [9.17, 15) is 4.79 Å². The smallest absolute Gasteiger partial charge is 0.338 e. The van der Waals surface area contributed by atoms with Crippen LogP contribution in [-0.2, 0) is 9.53 Å². The number of carbonyl (C=O) groups is 1. The maximum Gasteiger partial charge on any atom is 0.338 e. The number of carbonyl (C=O) groups excluding carboxylic acids is 1. The Hall–Kier alpha value is -1.31.